The fourth-order valence-corrected chi connectivity index (χ4v) is 0.849. The van der Waals surface area contributed by atoms with Crippen molar-refractivity contribution >= 4 is 22.9 Å². The van der Waals surface area contributed by atoms with Gasteiger partial charge in [0.25, 0.3) is 0 Å². The highest BCUT2D eigenvalue weighted by molar-refractivity contribution is 8.93. The second kappa shape index (κ2) is 4.13. The fourth-order valence-electron chi connectivity index (χ4n) is 0.849. The molecule has 1 rings (SSSR count). The van der Waals surface area contributed by atoms with Crippen LogP contribution in [0.25, 0.3) is 0 Å². The molecule has 0 aromatic heterocycles. The molecule has 0 aliphatic carbocycles. The van der Waals surface area contributed by atoms with Crippen molar-refractivity contribution in [1.82, 2.24) is 0 Å². The largest absolute Gasteiger partial charge is 0.366 e. The Morgan fingerprint density at radius 1 is 1.36 bits per heavy atom. The van der Waals surface area contributed by atoms with Crippen molar-refractivity contribution < 1.29 is 4.79 Å². The molecule has 0 saturated carbocycles. The molecular formula is C8H10BrNO. The molecule has 0 saturated heterocycles. The first-order valence-electron chi connectivity index (χ1n) is 3.07. The van der Waals surface area contributed by atoms with Crippen LogP contribution in [-0.2, 0) is 0 Å². The minimum atomic E-state index is -0.363. The lowest BCUT2D eigenvalue weighted by atomic mass is 10.1. The van der Waals surface area contributed by atoms with Crippen molar-refractivity contribution in [3.8, 4) is 0 Å². The number of primary amides is 1. The molecule has 0 unspecified atom stereocenters. The standard InChI is InChI=1S/C8H9NO.BrH/c1-6-4-2-3-5-7(6)8(9)10;/h2-5H,1H3,(H2,9,10);1H. The Balaban J connectivity index is 0.000001000. The Labute approximate surface area is 76.2 Å². The summed E-state index contributed by atoms with van der Waals surface area (Å²) in [6.45, 7) is 1.86. The van der Waals surface area contributed by atoms with Crippen LogP contribution in [0.3, 0.4) is 0 Å². The lowest BCUT2D eigenvalue weighted by Crippen LogP contribution is -2.12. The summed E-state index contributed by atoms with van der Waals surface area (Å²) >= 11 is 0. The van der Waals surface area contributed by atoms with Crippen molar-refractivity contribution in [2.75, 3.05) is 0 Å². The molecule has 11 heavy (non-hydrogen) atoms. The van der Waals surface area contributed by atoms with Gasteiger partial charge in [0, 0.05) is 5.56 Å². The van der Waals surface area contributed by atoms with E-state index in [1.807, 2.05) is 19.1 Å². The monoisotopic (exact) mass is 215 g/mol. The molecule has 2 N–H and O–H groups in total. The van der Waals surface area contributed by atoms with Crippen LogP contribution in [0.2, 0.25) is 0 Å². The molecule has 2 nitrogen and oxygen atoms in total. The Morgan fingerprint density at radius 2 is 1.91 bits per heavy atom. The number of nitrogens with two attached hydrogens (primary N) is 1. The van der Waals surface area contributed by atoms with Crippen molar-refractivity contribution in [1.29, 1.82) is 0 Å². The third-order valence-electron chi connectivity index (χ3n) is 1.41. The molecule has 1 aromatic carbocycles. The molecule has 0 aliphatic heterocycles. The van der Waals surface area contributed by atoms with Gasteiger partial charge in [-0.1, -0.05) is 18.2 Å². The van der Waals surface area contributed by atoms with Crippen LogP contribution in [0, 0.1) is 6.92 Å². The highest BCUT2D eigenvalue weighted by atomic mass is 79.9. The second-order valence-corrected chi connectivity index (χ2v) is 2.18. The third-order valence-corrected chi connectivity index (χ3v) is 1.41. The molecule has 0 aliphatic rings. The first-order valence-corrected chi connectivity index (χ1v) is 3.07. The average molecular weight is 216 g/mol. The number of benzene rings is 1. The van der Waals surface area contributed by atoms with Crippen LogP contribution in [0.5, 0.6) is 0 Å². The SMILES string of the molecule is Br.Cc1ccccc1C(N)=O. The smallest absolute Gasteiger partial charge is 0.248 e. The zero-order valence-electron chi connectivity index (χ0n) is 6.20. The Hall–Kier alpha value is -0.830. The zero-order chi connectivity index (χ0) is 7.56. The number of carbonyl (C=O) groups is 1. The van der Waals surface area contributed by atoms with Gasteiger partial charge in [-0.25, -0.2) is 0 Å². The van der Waals surface area contributed by atoms with E-state index in [4.69, 9.17) is 5.73 Å². The lowest BCUT2D eigenvalue weighted by Gasteiger charge is -1.97. The molecular weight excluding hydrogens is 206 g/mol. The van der Waals surface area contributed by atoms with Crippen molar-refractivity contribution in [3.05, 3.63) is 35.4 Å². The van der Waals surface area contributed by atoms with Gasteiger partial charge in [0.1, 0.15) is 0 Å². The molecule has 0 fully saturated rings. The first kappa shape index (κ1) is 10.2. The summed E-state index contributed by atoms with van der Waals surface area (Å²) in [6.07, 6.45) is 0. The number of halogens is 1. The van der Waals surface area contributed by atoms with E-state index in [1.54, 1.807) is 12.1 Å². The van der Waals surface area contributed by atoms with Crippen molar-refractivity contribution in [2.24, 2.45) is 5.73 Å². The van der Waals surface area contributed by atoms with Gasteiger partial charge < -0.3 is 5.73 Å². The van der Waals surface area contributed by atoms with Gasteiger partial charge in [-0.2, -0.15) is 0 Å². The highest BCUT2D eigenvalue weighted by Crippen LogP contribution is 2.04. The number of hydrogen-bond acceptors (Lipinski definition) is 1. The normalized spacial score (nSPS) is 8.45. The number of rotatable bonds is 1. The van der Waals surface area contributed by atoms with E-state index < -0.39 is 0 Å². The molecule has 0 radical (unpaired) electrons. The lowest BCUT2D eigenvalue weighted by molar-refractivity contribution is 0.1000. The Bertz CT molecular complexity index is 260. The number of aryl methyl sites for hydroxylation is 1. The van der Waals surface area contributed by atoms with E-state index in [9.17, 15) is 4.79 Å². The van der Waals surface area contributed by atoms with Gasteiger partial charge in [0.05, 0.1) is 0 Å². The number of carbonyl (C=O) groups excluding carboxylic acids is 1. The van der Waals surface area contributed by atoms with Crippen LogP contribution >= 0.6 is 17.0 Å². The fraction of sp³-hybridized carbons (Fsp3) is 0.125. The summed E-state index contributed by atoms with van der Waals surface area (Å²) in [5, 5.41) is 0. The second-order valence-electron chi connectivity index (χ2n) is 2.18. The summed E-state index contributed by atoms with van der Waals surface area (Å²) in [6, 6.07) is 7.26. The van der Waals surface area contributed by atoms with Gasteiger partial charge >= 0.3 is 0 Å². The van der Waals surface area contributed by atoms with E-state index in [0.717, 1.165) is 5.56 Å². The molecule has 0 heterocycles. The summed E-state index contributed by atoms with van der Waals surface area (Å²) < 4.78 is 0. The quantitative estimate of drug-likeness (QED) is 0.762. The summed E-state index contributed by atoms with van der Waals surface area (Å²) in [5.74, 6) is -0.363. The minimum absolute atomic E-state index is 0. The molecule has 0 spiro atoms. The summed E-state index contributed by atoms with van der Waals surface area (Å²) in [7, 11) is 0. The Morgan fingerprint density at radius 3 is 2.27 bits per heavy atom. The van der Waals surface area contributed by atoms with Gasteiger partial charge in [0.2, 0.25) is 5.91 Å². The molecule has 0 bridgehead atoms. The van der Waals surface area contributed by atoms with E-state index in [1.165, 1.54) is 0 Å². The third kappa shape index (κ3) is 2.35. The van der Waals surface area contributed by atoms with Crippen LogP contribution in [0.15, 0.2) is 24.3 Å². The number of amides is 1. The summed E-state index contributed by atoms with van der Waals surface area (Å²) in [4.78, 5) is 10.6. The van der Waals surface area contributed by atoms with Gasteiger partial charge in [-0.05, 0) is 18.6 Å². The first-order chi connectivity index (χ1) is 4.72. The van der Waals surface area contributed by atoms with Crippen LogP contribution < -0.4 is 5.73 Å². The van der Waals surface area contributed by atoms with Crippen molar-refractivity contribution in [2.45, 2.75) is 6.92 Å². The zero-order valence-corrected chi connectivity index (χ0v) is 7.92. The van der Waals surface area contributed by atoms with Gasteiger partial charge in [0.15, 0.2) is 0 Å². The molecule has 1 aromatic rings. The van der Waals surface area contributed by atoms with E-state index in [0.29, 0.717) is 5.56 Å². The van der Waals surface area contributed by atoms with E-state index in [-0.39, 0.29) is 22.9 Å². The Kier molecular flexibility index (Phi) is 3.82. The van der Waals surface area contributed by atoms with Gasteiger partial charge in [-0.15, -0.1) is 17.0 Å². The maximum atomic E-state index is 10.6. The number of hydrogen-bond donors (Lipinski definition) is 1. The van der Waals surface area contributed by atoms with E-state index in [2.05, 4.69) is 0 Å². The molecule has 60 valence electrons. The average Bonchev–Trinajstić information content (AvgIpc) is 1.88. The summed E-state index contributed by atoms with van der Waals surface area (Å²) in [5.41, 5.74) is 6.60. The van der Waals surface area contributed by atoms with Crippen LogP contribution in [0.1, 0.15) is 15.9 Å². The van der Waals surface area contributed by atoms with Crippen LogP contribution in [0.4, 0.5) is 0 Å². The topological polar surface area (TPSA) is 43.1 Å². The highest BCUT2D eigenvalue weighted by Gasteiger charge is 2.00. The van der Waals surface area contributed by atoms with Gasteiger partial charge in [-0.3, -0.25) is 4.79 Å². The predicted octanol–water partition coefficient (Wildman–Crippen LogP) is 1.67. The molecule has 1 amide bonds. The van der Waals surface area contributed by atoms with Crippen molar-refractivity contribution in [3.63, 3.8) is 0 Å². The minimum Gasteiger partial charge on any atom is -0.366 e. The van der Waals surface area contributed by atoms with E-state index >= 15 is 0 Å². The molecule has 0 atom stereocenters. The molecule has 3 heteroatoms. The maximum absolute atomic E-state index is 10.6. The van der Waals surface area contributed by atoms with Crippen LogP contribution in [-0.4, -0.2) is 5.91 Å². The predicted molar refractivity (Wildman–Crippen MR) is 50.0 cm³/mol. The maximum Gasteiger partial charge on any atom is 0.248 e.